The molecule has 0 bridgehead atoms. The van der Waals surface area contributed by atoms with Gasteiger partial charge < -0.3 is 23.9 Å². The highest BCUT2D eigenvalue weighted by molar-refractivity contribution is 5.85. The Kier molecular flexibility index (Phi) is 7.36. The zero-order valence-corrected chi connectivity index (χ0v) is 17.3. The van der Waals surface area contributed by atoms with Gasteiger partial charge in [-0.1, -0.05) is 18.2 Å². The predicted octanol–water partition coefficient (Wildman–Crippen LogP) is 3.80. The fourth-order valence-corrected chi connectivity index (χ4v) is 3.70. The molecule has 6 nitrogen and oxygen atoms in total. The van der Waals surface area contributed by atoms with Crippen molar-refractivity contribution in [2.75, 3.05) is 26.9 Å². The van der Waals surface area contributed by atoms with Crippen molar-refractivity contribution < 1.29 is 19.3 Å². The average Bonchev–Trinajstić information content (AvgIpc) is 3.11. The topological polar surface area (TPSA) is 65.7 Å². The third-order valence-electron chi connectivity index (χ3n) is 5.15. The van der Waals surface area contributed by atoms with E-state index in [9.17, 15) is 5.11 Å². The van der Waals surface area contributed by atoms with Gasteiger partial charge in [0.15, 0.2) is 0 Å². The van der Waals surface area contributed by atoms with Crippen LogP contribution in [0.25, 0.3) is 11.0 Å². The Morgan fingerprint density at radius 2 is 1.90 bits per heavy atom. The zero-order chi connectivity index (χ0) is 19.3. The lowest BCUT2D eigenvalue weighted by molar-refractivity contribution is 0.0780. The molecule has 1 unspecified atom stereocenters. The molecule has 0 aliphatic carbocycles. The fourth-order valence-electron chi connectivity index (χ4n) is 3.70. The van der Waals surface area contributed by atoms with Crippen molar-refractivity contribution in [2.45, 2.75) is 31.4 Å². The molecule has 1 saturated heterocycles. The maximum Gasteiger partial charge on any atom is 0.123 e. The van der Waals surface area contributed by atoms with Gasteiger partial charge in [0.25, 0.3) is 0 Å². The lowest BCUT2D eigenvalue weighted by Gasteiger charge is -2.23. The van der Waals surface area contributed by atoms with Crippen molar-refractivity contribution in [3.05, 3.63) is 54.4 Å². The van der Waals surface area contributed by atoms with Crippen molar-refractivity contribution in [1.29, 1.82) is 0 Å². The normalized spacial score (nSPS) is 15.7. The number of aliphatic hydroxyl groups is 1. The minimum Gasteiger partial charge on any atom is -0.497 e. The van der Waals surface area contributed by atoms with Crippen molar-refractivity contribution >= 4 is 23.4 Å². The summed E-state index contributed by atoms with van der Waals surface area (Å²) in [5, 5.41) is 10.7. The van der Waals surface area contributed by atoms with Crippen LogP contribution in [0, 0.1) is 0 Å². The monoisotopic (exact) mass is 418 g/mol. The van der Waals surface area contributed by atoms with E-state index in [0.717, 1.165) is 48.7 Å². The van der Waals surface area contributed by atoms with Gasteiger partial charge in [0.1, 0.15) is 30.0 Å². The van der Waals surface area contributed by atoms with Crippen molar-refractivity contribution in [3.8, 4) is 11.5 Å². The molecule has 1 aromatic heterocycles. The molecule has 3 aromatic rings. The quantitative estimate of drug-likeness (QED) is 0.632. The number of halogens is 1. The molecule has 0 saturated carbocycles. The molecule has 0 spiro atoms. The molecule has 156 valence electrons. The number of benzene rings is 2. The fraction of sp³-hybridized carbons (Fsp3) is 0.409. The van der Waals surface area contributed by atoms with Crippen LogP contribution < -0.4 is 9.47 Å². The van der Waals surface area contributed by atoms with Gasteiger partial charge in [0.2, 0.25) is 0 Å². The van der Waals surface area contributed by atoms with Crippen LogP contribution in [-0.4, -0.2) is 47.7 Å². The van der Waals surface area contributed by atoms with Crippen LogP contribution in [-0.2, 0) is 11.3 Å². The van der Waals surface area contributed by atoms with Gasteiger partial charge >= 0.3 is 0 Å². The number of aromatic nitrogens is 2. The van der Waals surface area contributed by atoms with Crippen LogP contribution in [0.15, 0.2) is 48.5 Å². The summed E-state index contributed by atoms with van der Waals surface area (Å²) in [5.41, 5.74) is 2.01. The van der Waals surface area contributed by atoms with Gasteiger partial charge in [-0.2, -0.15) is 0 Å². The lowest BCUT2D eigenvalue weighted by Crippen LogP contribution is -2.26. The molecule has 1 atom stereocenters. The molecule has 2 aromatic carbocycles. The van der Waals surface area contributed by atoms with Crippen LogP contribution in [0.2, 0.25) is 0 Å². The van der Waals surface area contributed by atoms with E-state index in [0.29, 0.717) is 18.2 Å². The summed E-state index contributed by atoms with van der Waals surface area (Å²) < 4.78 is 18.6. The number of rotatable bonds is 7. The predicted molar refractivity (Wildman–Crippen MR) is 114 cm³/mol. The summed E-state index contributed by atoms with van der Waals surface area (Å²) in [5.74, 6) is 2.80. The molecule has 0 amide bonds. The molecule has 7 heteroatoms. The van der Waals surface area contributed by atoms with Gasteiger partial charge in [0.05, 0.1) is 24.7 Å². The van der Waals surface area contributed by atoms with Gasteiger partial charge in [-0.3, -0.25) is 0 Å². The molecule has 1 aliphatic heterocycles. The summed E-state index contributed by atoms with van der Waals surface area (Å²) in [6, 6.07) is 15.5. The van der Waals surface area contributed by atoms with E-state index in [2.05, 4.69) is 10.6 Å². The summed E-state index contributed by atoms with van der Waals surface area (Å²) in [7, 11) is 1.62. The van der Waals surface area contributed by atoms with Gasteiger partial charge in [0, 0.05) is 25.2 Å². The first-order valence-corrected chi connectivity index (χ1v) is 9.72. The number of aliphatic hydroxyl groups excluding tert-OH is 1. The largest absolute Gasteiger partial charge is 0.497 e. The maximum atomic E-state index is 10.7. The number of hydrogen-bond acceptors (Lipinski definition) is 5. The number of para-hydroxylation sites is 2. The van der Waals surface area contributed by atoms with E-state index in [1.807, 2.05) is 42.5 Å². The van der Waals surface area contributed by atoms with Crippen LogP contribution in [0.4, 0.5) is 0 Å². The van der Waals surface area contributed by atoms with Gasteiger partial charge in [-0.05, 0) is 37.1 Å². The van der Waals surface area contributed by atoms with Crippen LogP contribution in [0.1, 0.15) is 24.6 Å². The number of hydrogen-bond donors (Lipinski definition) is 1. The third kappa shape index (κ3) is 5.01. The van der Waals surface area contributed by atoms with Gasteiger partial charge in [-0.25, -0.2) is 4.98 Å². The molecule has 1 fully saturated rings. The molecule has 29 heavy (non-hydrogen) atoms. The summed E-state index contributed by atoms with van der Waals surface area (Å²) >= 11 is 0. The Balaban J connectivity index is 0.00000240. The van der Waals surface area contributed by atoms with E-state index in [4.69, 9.17) is 19.2 Å². The summed E-state index contributed by atoms with van der Waals surface area (Å²) in [4.78, 5) is 4.87. The van der Waals surface area contributed by atoms with Gasteiger partial charge in [-0.15, -0.1) is 12.4 Å². The number of fused-ring (bicyclic) bond motifs is 1. The first-order valence-electron chi connectivity index (χ1n) is 9.72. The average molecular weight is 419 g/mol. The standard InChI is InChI=1S/C22H26N2O4.ClH/c1-26-18-5-4-6-19(13-18)28-15-17(25)14-24-21-8-3-2-7-20(21)23-22(24)16-9-11-27-12-10-16;/h2-8,13,16-17,25H,9-12,14-15H2,1H3;1H. The lowest BCUT2D eigenvalue weighted by atomic mass is 9.99. The van der Waals surface area contributed by atoms with E-state index in [1.165, 1.54) is 0 Å². The maximum absolute atomic E-state index is 10.7. The second-order valence-electron chi connectivity index (χ2n) is 7.10. The number of imidazole rings is 1. The molecule has 2 heterocycles. The number of methoxy groups -OCH3 is 1. The highest BCUT2D eigenvalue weighted by atomic mass is 35.5. The minimum atomic E-state index is -0.651. The summed E-state index contributed by atoms with van der Waals surface area (Å²) in [6.45, 7) is 2.16. The molecular formula is C22H27ClN2O4. The van der Waals surface area contributed by atoms with Crippen molar-refractivity contribution in [3.63, 3.8) is 0 Å². The van der Waals surface area contributed by atoms with Crippen LogP contribution in [0.3, 0.4) is 0 Å². The molecule has 1 N–H and O–H groups in total. The third-order valence-corrected chi connectivity index (χ3v) is 5.15. The molecular weight excluding hydrogens is 392 g/mol. The first-order chi connectivity index (χ1) is 13.7. The highest BCUT2D eigenvalue weighted by Crippen LogP contribution is 2.29. The Morgan fingerprint density at radius 1 is 1.14 bits per heavy atom. The Labute approximate surface area is 176 Å². The second-order valence-corrected chi connectivity index (χ2v) is 7.10. The zero-order valence-electron chi connectivity index (χ0n) is 16.5. The Morgan fingerprint density at radius 3 is 2.69 bits per heavy atom. The van der Waals surface area contributed by atoms with E-state index in [1.54, 1.807) is 7.11 Å². The van der Waals surface area contributed by atoms with Crippen LogP contribution in [0.5, 0.6) is 11.5 Å². The van der Waals surface area contributed by atoms with Crippen LogP contribution >= 0.6 is 12.4 Å². The molecule has 4 rings (SSSR count). The van der Waals surface area contributed by atoms with Crippen molar-refractivity contribution in [1.82, 2.24) is 9.55 Å². The first kappa shape index (κ1) is 21.4. The Hall–Kier alpha value is -2.28. The highest BCUT2D eigenvalue weighted by Gasteiger charge is 2.24. The van der Waals surface area contributed by atoms with E-state index in [-0.39, 0.29) is 19.0 Å². The summed E-state index contributed by atoms with van der Waals surface area (Å²) in [6.07, 6.45) is 1.27. The Bertz CT molecular complexity index is 924. The van der Waals surface area contributed by atoms with Crippen molar-refractivity contribution in [2.24, 2.45) is 0 Å². The van der Waals surface area contributed by atoms with E-state index >= 15 is 0 Å². The molecule has 0 radical (unpaired) electrons. The number of ether oxygens (including phenoxy) is 3. The molecule has 1 aliphatic rings. The van der Waals surface area contributed by atoms with E-state index < -0.39 is 6.10 Å². The smallest absolute Gasteiger partial charge is 0.123 e. The minimum absolute atomic E-state index is 0. The second kappa shape index (κ2) is 9.96. The SMILES string of the molecule is COc1cccc(OCC(O)Cn2c(C3CCOCC3)nc3ccccc32)c1.Cl. The number of nitrogens with zero attached hydrogens (tertiary/aromatic N) is 2.